The molecule has 0 spiro atoms. The second-order valence-electron chi connectivity index (χ2n) is 4.11. The van der Waals surface area contributed by atoms with Crippen molar-refractivity contribution < 1.29 is 21.1 Å². The molecule has 0 aliphatic rings. The zero-order valence-electron chi connectivity index (χ0n) is 9.96. The van der Waals surface area contributed by atoms with Crippen LogP contribution >= 0.6 is 0 Å². The molecule has 1 aromatic heterocycles. The molecule has 0 saturated heterocycles. The molecule has 18 heavy (non-hydrogen) atoms. The van der Waals surface area contributed by atoms with Gasteiger partial charge in [-0.2, -0.15) is 0 Å². The maximum Gasteiger partial charge on any atom is 0.0196 e. The number of aryl methyl sites for hydroxylation is 1. The minimum absolute atomic E-state index is 0. The molecular weight excluding hydrogens is 401 g/mol. The first kappa shape index (κ1) is 13.0. The summed E-state index contributed by atoms with van der Waals surface area (Å²) in [6.45, 7) is 2.09. The Hall–Kier alpha value is -1.46. The normalized spacial score (nSPS) is 10.1. The van der Waals surface area contributed by atoms with Crippen molar-refractivity contribution in [2.75, 3.05) is 0 Å². The molecule has 3 aromatic rings. The summed E-state index contributed by atoms with van der Waals surface area (Å²) in [6, 6.07) is 19.6. The molecule has 0 bridgehead atoms. The van der Waals surface area contributed by atoms with Gasteiger partial charge in [0.25, 0.3) is 0 Å². The first-order chi connectivity index (χ1) is 8.36. The van der Waals surface area contributed by atoms with Gasteiger partial charge >= 0.3 is 0 Å². The van der Waals surface area contributed by atoms with Gasteiger partial charge in [-0.25, -0.2) is 0 Å². The molecule has 0 amide bonds. The number of pyridine rings is 1. The van der Waals surface area contributed by atoms with Crippen molar-refractivity contribution in [3.05, 3.63) is 66.4 Å². The average molecular weight is 413 g/mol. The largest absolute Gasteiger partial charge is 0.304 e. The van der Waals surface area contributed by atoms with Crippen LogP contribution in [0.15, 0.2) is 54.7 Å². The molecular formula is C16H12NPt-. The van der Waals surface area contributed by atoms with Crippen molar-refractivity contribution in [2.45, 2.75) is 6.92 Å². The molecule has 0 radical (unpaired) electrons. The van der Waals surface area contributed by atoms with Gasteiger partial charge in [0.15, 0.2) is 0 Å². The summed E-state index contributed by atoms with van der Waals surface area (Å²) in [4.78, 5) is 4.55. The molecule has 0 N–H and O–H groups in total. The summed E-state index contributed by atoms with van der Waals surface area (Å²) in [6.07, 6.45) is 1.93. The van der Waals surface area contributed by atoms with Gasteiger partial charge in [-0.3, -0.25) is 0 Å². The predicted octanol–water partition coefficient (Wildman–Crippen LogP) is 4.01. The van der Waals surface area contributed by atoms with Crippen molar-refractivity contribution in [3.8, 4) is 11.3 Å². The van der Waals surface area contributed by atoms with Crippen LogP contribution in [0.5, 0.6) is 0 Å². The Morgan fingerprint density at radius 3 is 2.39 bits per heavy atom. The topological polar surface area (TPSA) is 12.9 Å². The van der Waals surface area contributed by atoms with Crippen LogP contribution in [0, 0.1) is 13.0 Å². The SMILES string of the molecule is Cc1cnc(-c2[c-]cccc2)c2ccccc12.[Pt]. The van der Waals surface area contributed by atoms with Crippen molar-refractivity contribution in [1.29, 1.82) is 0 Å². The molecule has 0 saturated carbocycles. The standard InChI is InChI=1S/C16H12N.Pt/c1-12-11-17-16(13-7-3-2-4-8-13)15-10-6-5-9-14(12)15;/h2-7,9-11H,1H3;/q-1;. The molecule has 2 heteroatoms. The van der Waals surface area contributed by atoms with Gasteiger partial charge in [-0.05, 0) is 29.0 Å². The number of nitrogens with zero attached hydrogens (tertiary/aromatic N) is 1. The van der Waals surface area contributed by atoms with Crippen molar-refractivity contribution in [1.82, 2.24) is 4.98 Å². The molecule has 92 valence electrons. The second-order valence-corrected chi connectivity index (χ2v) is 4.11. The van der Waals surface area contributed by atoms with E-state index >= 15 is 0 Å². The van der Waals surface area contributed by atoms with E-state index in [0.29, 0.717) is 0 Å². The van der Waals surface area contributed by atoms with E-state index in [1.54, 1.807) is 0 Å². The number of aromatic nitrogens is 1. The summed E-state index contributed by atoms with van der Waals surface area (Å²) in [7, 11) is 0. The van der Waals surface area contributed by atoms with Crippen LogP contribution < -0.4 is 0 Å². The van der Waals surface area contributed by atoms with Gasteiger partial charge in [0, 0.05) is 27.3 Å². The van der Waals surface area contributed by atoms with Crippen molar-refractivity contribution >= 4 is 10.8 Å². The maximum absolute atomic E-state index is 4.55. The van der Waals surface area contributed by atoms with Gasteiger partial charge in [-0.1, -0.05) is 24.3 Å². The molecule has 2 aromatic carbocycles. The predicted molar refractivity (Wildman–Crippen MR) is 70.8 cm³/mol. The average Bonchev–Trinajstić information content (AvgIpc) is 2.41. The number of benzene rings is 2. The van der Waals surface area contributed by atoms with E-state index in [0.717, 1.165) is 11.3 Å². The van der Waals surface area contributed by atoms with Crippen LogP contribution in [0.1, 0.15) is 5.56 Å². The minimum atomic E-state index is 0. The van der Waals surface area contributed by atoms with Crippen molar-refractivity contribution in [3.63, 3.8) is 0 Å². The van der Waals surface area contributed by atoms with E-state index in [-0.39, 0.29) is 21.1 Å². The first-order valence-electron chi connectivity index (χ1n) is 5.68. The third-order valence-electron chi connectivity index (χ3n) is 2.96. The van der Waals surface area contributed by atoms with E-state index < -0.39 is 0 Å². The quantitative estimate of drug-likeness (QED) is 0.550. The number of hydrogen-bond donors (Lipinski definition) is 0. The minimum Gasteiger partial charge on any atom is -0.304 e. The Kier molecular flexibility index (Phi) is 3.93. The van der Waals surface area contributed by atoms with Crippen LogP contribution in [-0.2, 0) is 21.1 Å². The third kappa shape index (κ3) is 2.23. The molecule has 0 atom stereocenters. The van der Waals surface area contributed by atoms with E-state index in [1.807, 2.05) is 30.5 Å². The van der Waals surface area contributed by atoms with Crippen LogP contribution in [0.4, 0.5) is 0 Å². The number of hydrogen-bond acceptors (Lipinski definition) is 1. The summed E-state index contributed by atoms with van der Waals surface area (Å²) in [5.41, 5.74) is 3.26. The van der Waals surface area contributed by atoms with E-state index in [2.05, 4.69) is 42.2 Å². The Balaban J connectivity index is 0.00000120. The van der Waals surface area contributed by atoms with Gasteiger partial charge in [0.2, 0.25) is 0 Å². The molecule has 3 rings (SSSR count). The molecule has 0 fully saturated rings. The van der Waals surface area contributed by atoms with Crippen LogP contribution in [0.25, 0.3) is 22.0 Å². The van der Waals surface area contributed by atoms with E-state index in [4.69, 9.17) is 0 Å². The van der Waals surface area contributed by atoms with Crippen LogP contribution in [-0.4, -0.2) is 4.98 Å². The zero-order valence-corrected chi connectivity index (χ0v) is 12.2. The number of rotatable bonds is 1. The Labute approximate surface area is 121 Å². The maximum atomic E-state index is 4.55. The van der Waals surface area contributed by atoms with Gasteiger partial charge in [0.05, 0.1) is 0 Å². The fourth-order valence-corrected chi connectivity index (χ4v) is 2.09. The summed E-state index contributed by atoms with van der Waals surface area (Å²) in [5, 5.41) is 2.45. The first-order valence-corrected chi connectivity index (χ1v) is 5.68. The molecule has 1 heterocycles. The fourth-order valence-electron chi connectivity index (χ4n) is 2.09. The zero-order chi connectivity index (χ0) is 11.7. The van der Waals surface area contributed by atoms with Crippen LogP contribution in [0.2, 0.25) is 0 Å². The van der Waals surface area contributed by atoms with E-state index in [9.17, 15) is 0 Å². The Bertz CT molecular complexity index is 662. The van der Waals surface area contributed by atoms with Crippen LogP contribution in [0.3, 0.4) is 0 Å². The summed E-state index contributed by atoms with van der Waals surface area (Å²) < 4.78 is 0. The fraction of sp³-hybridized carbons (Fsp3) is 0.0625. The van der Waals surface area contributed by atoms with E-state index in [1.165, 1.54) is 16.3 Å². The van der Waals surface area contributed by atoms with Gasteiger partial charge < -0.3 is 4.98 Å². The van der Waals surface area contributed by atoms with Gasteiger partial charge in [0.1, 0.15) is 0 Å². The van der Waals surface area contributed by atoms with Crippen molar-refractivity contribution in [2.24, 2.45) is 0 Å². The molecule has 0 aliphatic carbocycles. The molecule has 0 aliphatic heterocycles. The smallest absolute Gasteiger partial charge is 0.0196 e. The second kappa shape index (κ2) is 5.45. The monoisotopic (exact) mass is 413 g/mol. The third-order valence-corrected chi connectivity index (χ3v) is 2.96. The van der Waals surface area contributed by atoms with Gasteiger partial charge in [-0.15, -0.1) is 35.9 Å². The molecule has 1 nitrogen and oxygen atoms in total. The molecule has 0 unspecified atom stereocenters. The summed E-state index contributed by atoms with van der Waals surface area (Å²) in [5.74, 6) is 0. The Morgan fingerprint density at radius 2 is 1.67 bits per heavy atom. The summed E-state index contributed by atoms with van der Waals surface area (Å²) >= 11 is 0. The Morgan fingerprint density at radius 1 is 0.944 bits per heavy atom. The number of fused-ring (bicyclic) bond motifs is 1.